The quantitative estimate of drug-likeness (QED) is 0.0515. The van der Waals surface area contributed by atoms with Crippen molar-refractivity contribution in [2.24, 2.45) is 50.2 Å². The number of hydrogen-bond donors (Lipinski definition) is 10. The lowest BCUT2D eigenvalue weighted by atomic mass is 9.33. The summed E-state index contributed by atoms with van der Waals surface area (Å²) in [5.41, 5.74) is -2.77. The molecule has 24 atom stereocenters. The standard InChI is InChI=1S/C54H87NO18/c1-9-10-11-12-13-36(61)55-37-31(24-56)70-47(44(39(37)63)72-46-42(66)40(64)43(27(2)69-46)71-45-41(65)38(62)30(58)25-68-45)73-48(67)54-21-20-49(3,4)22-29(54)28-14-15-33-50(5)18-17-34(59)51(6,26-57)32(50)16-19-52(33,7)53(28,8)23-35(54)60/h14,26-27,29-35,37-47,56,58-60,62-66H,9-13,15-25H2,1-8H3,(H,55,61)/t27-,29?,30-,31?,32?,33?,34+,35-,37+,38?,39?,40?,41?,42?,43+,44?,45+,46+,47+,50?,51-,52?,53-,54-/m1/s1. The molecular formula is C54H87NO18. The third-order valence-electron chi connectivity index (χ3n) is 20.5. The summed E-state index contributed by atoms with van der Waals surface area (Å²) in [5.74, 6) is -1.65. The number of aldehydes is 1. The highest BCUT2D eigenvalue weighted by molar-refractivity contribution is 5.80. The molecule has 8 aliphatic rings. The first-order chi connectivity index (χ1) is 34.3. The monoisotopic (exact) mass is 1040 g/mol. The van der Waals surface area contributed by atoms with Gasteiger partial charge in [-0.3, -0.25) is 9.59 Å². The Morgan fingerprint density at radius 2 is 1.47 bits per heavy atom. The lowest BCUT2D eigenvalue weighted by molar-refractivity contribution is -0.370. The Balaban J connectivity index is 1.10. The molecule has 8 rings (SSSR count). The summed E-state index contributed by atoms with van der Waals surface area (Å²) in [7, 11) is 0. The van der Waals surface area contributed by atoms with Gasteiger partial charge in [0.15, 0.2) is 18.7 Å². The van der Waals surface area contributed by atoms with Gasteiger partial charge >= 0.3 is 5.97 Å². The first-order valence-corrected chi connectivity index (χ1v) is 27.2. The van der Waals surface area contributed by atoms with Crippen molar-refractivity contribution in [2.75, 3.05) is 13.2 Å². The molecule has 4 saturated carbocycles. The number of rotatable bonds is 14. The van der Waals surface area contributed by atoms with Gasteiger partial charge in [-0.25, -0.2) is 0 Å². The smallest absolute Gasteiger partial charge is 0.317 e. The minimum atomic E-state index is -1.92. The predicted octanol–water partition coefficient (Wildman–Crippen LogP) is 2.05. The molecule has 3 aliphatic heterocycles. The average Bonchev–Trinajstić information content (AvgIpc) is 3.33. The molecule has 0 aromatic heterocycles. The molecule has 0 spiro atoms. The van der Waals surface area contributed by atoms with E-state index in [1.165, 1.54) is 6.92 Å². The highest BCUT2D eigenvalue weighted by Gasteiger charge is 2.72. The average molecular weight is 1040 g/mol. The van der Waals surface area contributed by atoms with Gasteiger partial charge in [0.05, 0.1) is 43.0 Å². The summed E-state index contributed by atoms with van der Waals surface area (Å²) in [6.07, 6.45) is -11.2. The van der Waals surface area contributed by atoms with Crippen molar-refractivity contribution in [3.05, 3.63) is 11.6 Å². The molecule has 0 bridgehead atoms. The fourth-order valence-corrected chi connectivity index (χ4v) is 15.8. The maximum Gasteiger partial charge on any atom is 0.317 e. The lowest BCUT2D eigenvalue weighted by Gasteiger charge is -2.71. The van der Waals surface area contributed by atoms with Gasteiger partial charge in [0.25, 0.3) is 0 Å². The van der Waals surface area contributed by atoms with Crippen molar-refractivity contribution < 1.29 is 88.8 Å². The Hall–Kier alpha value is -2.21. The molecule has 5 aliphatic carbocycles. The number of carbonyl (C=O) groups is 3. The highest BCUT2D eigenvalue weighted by atomic mass is 16.8. The van der Waals surface area contributed by atoms with E-state index in [2.05, 4.69) is 46.0 Å². The van der Waals surface area contributed by atoms with E-state index in [9.17, 15) is 55.5 Å². The van der Waals surface area contributed by atoms with E-state index >= 15 is 4.79 Å². The van der Waals surface area contributed by atoms with Crippen molar-refractivity contribution in [2.45, 2.75) is 243 Å². The lowest BCUT2D eigenvalue weighted by Crippen LogP contribution is -2.69. The second-order valence-corrected chi connectivity index (χ2v) is 25.2. The van der Waals surface area contributed by atoms with E-state index in [4.69, 9.17) is 28.4 Å². The Morgan fingerprint density at radius 1 is 0.767 bits per heavy atom. The number of hydrogen-bond acceptors (Lipinski definition) is 18. The van der Waals surface area contributed by atoms with E-state index in [-0.39, 0.29) is 54.0 Å². The topological polar surface area (TPSA) is 301 Å². The van der Waals surface area contributed by atoms with Gasteiger partial charge in [0.1, 0.15) is 60.5 Å². The second-order valence-electron chi connectivity index (χ2n) is 25.2. The summed E-state index contributed by atoms with van der Waals surface area (Å²) < 4.78 is 36.3. The fraction of sp³-hybridized carbons (Fsp3) is 0.907. The molecule has 19 heteroatoms. The fourth-order valence-electron chi connectivity index (χ4n) is 15.8. The number of allylic oxidation sites excluding steroid dienone is 2. The van der Waals surface area contributed by atoms with E-state index in [1.807, 2.05) is 13.8 Å². The van der Waals surface area contributed by atoms with Crippen LogP contribution in [0.4, 0.5) is 0 Å². The molecule has 0 aromatic carbocycles. The minimum absolute atomic E-state index is 0.0334. The van der Waals surface area contributed by atoms with E-state index < -0.39 is 139 Å². The zero-order chi connectivity index (χ0) is 53.4. The molecule has 3 saturated heterocycles. The van der Waals surface area contributed by atoms with Crippen molar-refractivity contribution in [1.29, 1.82) is 0 Å². The Kier molecular flexibility index (Phi) is 16.6. The predicted molar refractivity (Wildman–Crippen MR) is 259 cm³/mol. The molecule has 7 fully saturated rings. The maximum absolute atomic E-state index is 15.6. The van der Waals surface area contributed by atoms with Crippen LogP contribution in [0, 0.1) is 50.2 Å². The van der Waals surface area contributed by atoms with Crippen LogP contribution >= 0.6 is 0 Å². The normalized spacial score (nSPS) is 50.5. The van der Waals surface area contributed by atoms with Crippen molar-refractivity contribution in [3.63, 3.8) is 0 Å². The summed E-state index contributed by atoms with van der Waals surface area (Å²) in [5, 5.41) is 104. The Morgan fingerprint density at radius 3 is 2.15 bits per heavy atom. The van der Waals surface area contributed by atoms with Crippen LogP contribution in [0.3, 0.4) is 0 Å². The number of aliphatic hydroxyl groups excluding tert-OH is 9. The van der Waals surface area contributed by atoms with Crippen molar-refractivity contribution >= 4 is 18.2 Å². The first kappa shape index (κ1) is 57.0. The number of ether oxygens (including phenoxy) is 6. The van der Waals surface area contributed by atoms with Crippen LogP contribution in [0.25, 0.3) is 0 Å². The summed E-state index contributed by atoms with van der Waals surface area (Å²) in [6, 6.07) is -1.31. The van der Waals surface area contributed by atoms with E-state index in [1.54, 1.807) is 0 Å². The molecule has 12 unspecified atom stereocenters. The zero-order valence-corrected chi connectivity index (χ0v) is 44.1. The number of aliphatic hydroxyl groups is 9. The summed E-state index contributed by atoms with van der Waals surface area (Å²) >= 11 is 0. The van der Waals surface area contributed by atoms with Gasteiger partial charge in [-0.15, -0.1) is 0 Å². The van der Waals surface area contributed by atoms with Crippen LogP contribution in [0.5, 0.6) is 0 Å². The minimum Gasteiger partial charge on any atom is -0.432 e. The summed E-state index contributed by atoms with van der Waals surface area (Å²) in [4.78, 5) is 41.7. The van der Waals surface area contributed by atoms with E-state index in [0.29, 0.717) is 32.1 Å². The molecule has 0 radical (unpaired) electrons. The number of fused-ring (bicyclic) bond motifs is 7. The highest BCUT2D eigenvalue weighted by Crippen LogP contribution is 2.76. The number of unbranched alkanes of at least 4 members (excludes halogenated alkanes) is 3. The van der Waals surface area contributed by atoms with Crippen molar-refractivity contribution in [3.8, 4) is 0 Å². The first-order valence-electron chi connectivity index (χ1n) is 27.2. The largest absolute Gasteiger partial charge is 0.432 e. The van der Waals surface area contributed by atoms with Gasteiger partial charge in [-0.2, -0.15) is 0 Å². The van der Waals surface area contributed by atoms with Crippen LogP contribution < -0.4 is 5.32 Å². The maximum atomic E-state index is 15.6. The number of nitrogens with one attached hydrogen (secondary N) is 1. The van der Waals surface area contributed by atoms with Crippen LogP contribution in [0.1, 0.15) is 145 Å². The summed E-state index contributed by atoms with van der Waals surface area (Å²) in [6.45, 7) is 15.4. The molecule has 10 N–H and O–H groups in total. The van der Waals surface area contributed by atoms with Crippen LogP contribution in [0.2, 0.25) is 0 Å². The second kappa shape index (κ2) is 21.2. The molecule has 73 heavy (non-hydrogen) atoms. The van der Waals surface area contributed by atoms with Crippen molar-refractivity contribution in [1.82, 2.24) is 5.32 Å². The number of carbonyl (C=O) groups excluding carboxylic acids is 3. The molecule has 0 aromatic rings. The van der Waals surface area contributed by atoms with Crippen LogP contribution in [-0.4, -0.2) is 175 Å². The molecule has 416 valence electrons. The third kappa shape index (κ3) is 9.60. The molecule has 3 heterocycles. The van der Waals surface area contributed by atoms with Crippen LogP contribution in [-0.2, 0) is 42.8 Å². The van der Waals surface area contributed by atoms with Gasteiger partial charge in [0.2, 0.25) is 12.2 Å². The molecule has 19 nitrogen and oxygen atoms in total. The molecular weight excluding hydrogens is 951 g/mol. The van der Waals surface area contributed by atoms with Gasteiger partial charge in [0, 0.05) is 6.42 Å². The zero-order valence-electron chi connectivity index (χ0n) is 44.1. The SMILES string of the molecule is CCCCCCC(=O)N[C@H]1C(CO)O[C@@H](OC(=O)[C@]23CCC(C)(C)CC2C2=CCC4C5(C)CC[C@H](O)[C@](C)(C=O)C5CCC4(C)[C@]2(C)C[C@H]3O)C(O[C@@H]2O[C@H](C)[C@H](O[C@@H]3OC[C@@H](O)C(O)C3O)C(O)C2O)C1O. The van der Waals surface area contributed by atoms with Gasteiger partial charge in [-0.05, 0) is 111 Å². The Labute approximate surface area is 429 Å². The van der Waals surface area contributed by atoms with Gasteiger partial charge in [-0.1, -0.05) is 79.4 Å². The third-order valence-corrected chi connectivity index (χ3v) is 20.5. The molecule has 1 amide bonds. The van der Waals surface area contributed by atoms with Crippen LogP contribution in [0.15, 0.2) is 11.6 Å². The number of amides is 1. The Bertz CT molecular complexity index is 2030. The number of esters is 1. The van der Waals surface area contributed by atoms with E-state index in [0.717, 1.165) is 50.4 Å². The van der Waals surface area contributed by atoms with Gasteiger partial charge < -0.3 is 84.5 Å².